The van der Waals surface area contributed by atoms with Gasteiger partial charge in [0.25, 0.3) is 0 Å². The van der Waals surface area contributed by atoms with Crippen LogP contribution in [0.25, 0.3) is 0 Å². The SMILES string of the molecule is CC1(C)C(CNCCCc2ccccc2)C1(C)C. The number of hydrogen-bond donors (Lipinski definition) is 1. The van der Waals surface area contributed by atoms with Crippen LogP contribution in [0.15, 0.2) is 30.3 Å². The maximum absolute atomic E-state index is 3.63. The van der Waals surface area contributed by atoms with E-state index in [4.69, 9.17) is 0 Å². The van der Waals surface area contributed by atoms with Crippen molar-refractivity contribution in [2.24, 2.45) is 16.7 Å². The number of benzene rings is 1. The van der Waals surface area contributed by atoms with Gasteiger partial charge < -0.3 is 5.32 Å². The van der Waals surface area contributed by atoms with Crippen molar-refractivity contribution in [2.75, 3.05) is 13.1 Å². The molecule has 0 saturated heterocycles. The highest BCUT2D eigenvalue weighted by atomic mass is 14.9. The van der Waals surface area contributed by atoms with Crippen molar-refractivity contribution in [3.8, 4) is 0 Å². The van der Waals surface area contributed by atoms with Gasteiger partial charge in [-0.2, -0.15) is 0 Å². The molecule has 1 heteroatoms. The molecule has 0 aromatic heterocycles. The molecular formula is C17H27N. The predicted molar refractivity (Wildman–Crippen MR) is 78.7 cm³/mol. The molecule has 0 bridgehead atoms. The van der Waals surface area contributed by atoms with Gasteiger partial charge in [-0.3, -0.25) is 0 Å². The Kier molecular flexibility index (Phi) is 3.82. The molecule has 1 aromatic rings. The van der Waals surface area contributed by atoms with Gasteiger partial charge in [-0.15, -0.1) is 0 Å². The molecule has 2 rings (SSSR count). The van der Waals surface area contributed by atoms with Gasteiger partial charge in [-0.1, -0.05) is 58.0 Å². The summed E-state index contributed by atoms with van der Waals surface area (Å²) in [5.74, 6) is 0.835. The Balaban J connectivity index is 1.61. The molecule has 0 heterocycles. The van der Waals surface area contributed by atoms with Crippen molar-refractivity contribution >= 4 is 0 Å². The molecule has 0 amide bonds. The van der Waals surface area contributed by atoms with E-state index >= 15 is 0 Å². The van der Waals surface area contributed by atoms with Crippen LogP contribution in [0.4, 0.5) is 0 Å². The van der Waals surface area contributed by atoms with Crippen molar-refractivity contribution < 1.29 is 0 Å². The highest BCUT2D eigenvalue weighted by Crippen LogP contribution is 2.67. The lowest BCUT2D eigenvalue weighted by Gasteiger charge is -2.06. The zero-order valence-corrected chi connectivity index (χ0v) is 12.3. The lowest BCUT2D eigenvalue weighted by Crippen LogP contribution is -2.20. The van der Waals surface area contributed by atoms with Crippen LogP contribution < -0.4 is 5.32 Å². The van der Waals surface area contributed by atoms with Gasteiger partial charge >= 0.3 is 0 Å². The van der Waals surface area contributed by atoms with Crippen LogP contribution in [-0.4, -0.2) is 13.1 Å². The number of hydrogen-bond acceptors (Lipinski definition) is 1. The average Bonchev–Trinajstić information content (AvgIpc) is 2.72. The van der Waals surface area contributed by atoms with Gasteiger partial charge in [-0.05, 0) is 48.2 Å². The second-order valence-corrected chi connectivity index (χ2v) is 6.79. The fourth-order valence-electron chi connectivity index (χ4n) is 3.15. The van der Waals surface area contributed by atoms with Crippen molar-refractivity contribution in [3.05, 3.63) is 35.9 Å². The van der Waals surface area contributed by atoms with Crippen molar-refractivity contribution in [1.29, 1.82) is 0 Å². The standard InChI is InChI=1S/C17H27N/c1-16(2)15(17(16,3)4)13-18-12-8-11-14-9-6-5-7-10-14/h5-7,9-10,15,18H,8,11-13H2,1-4H3. The van der Waals surface area contributed by atoms with E-state index in [0.717, 1.165) is 12.5 Å². The first-order valence-electron chi connectivity index (χ1n) is 7.21. The molecule has 1 nitrogen and oxygen atoms in total. The predicted octanol–water partition coefficient (Wildman–Crippen LogP) is 3.89. The topological polar surface area (TPSA) is 12.0 Å². The minimum atomic E-state index is 0.513. The molecule has 1 aliphatic carbocycles. The molecule has 1 fully saturated rings. The Morgan fingerprint density at radius 1 is 1.00 bits per heavy atom. The van der Waals surface area contributed by atoms with E-state index in [1.165, 1.54) is 24.9 Å². The zero-order chi connectivity index (χ0) is 13.2. The van der Waals surface area contributed by atoms with E-state index in [-0.39, 0.29) is 0 Å². The summed E-state index contributed by atoms with van der Waals surface area (Å²) in [4.78, 5) is 0. The van der Waals surface area contributed by atoms with Gasteiger partial charge in [0.1, 0.15) is 0 Å². The van der Waals surface area contributed by atoms with E-state index in [1.807, 2.05) is 0 Å². The largest absolute Gasteiger partial charge is 0.316 e. The van der Waals surface area contributed by atoms with Crippen LogP contribution in [0.3, 0.4) is 0 Å². The first-order chi connectivity index (χ1) is 8.46. The van der Waals surface area contributed by atoms with E-state index in [0.29, 0.717) is 10.8 Å². The first-order valence-corrected chi connectivity index (χ1v) is 7.21. The lowest BCUT2D eigenvalue weighted by atomic mass is 10.0. The lowest BCUT2D eigenvalue weighted by molar-refractivity contribution is 0.457. The average molecular weight is 245 g/mol. The molecule has 0 unspecified atom stereocenters. The maximum atomic E-state index is 3.63. The van der Waals surface area contributed by atoms with Crippen LogP contribution in [0.2, 0.25) is 0 Å². The van der Waals surface area contributed by atoms with Crippen LogP contribution in [-0.2, 0) is 6.42 Å². The molecule has 0 radical (unpaired) electrons. The summed E-state index contributed by atoms with van der Waals surface area (Å²) in [6.07, 6.45) is 2.42. The van der Waals surface area contributed by atoms with Crippen molar-refractivity contribution in [3.63, 3.8) is 0 Å². The Labute approximate surface area is 112 Å². The second kappa shape index (κ2) is 5.05. The van der Waals surface area contributed by atoms with Crippen LogP contribution in [0.5, 0.6) is 0 Å². The van der Waals surface area contributed by atoms with Crippen LogP contribution in [0.1, 0.15) is 39.7 Å². The van der Waals surface area contributed by atoms with E-state index in [1.54, 1.807) is 0 Å². The van der Waals surface area contributed by atoms with Gasteiger partial charge in [0.05, 0.1) is 0 Å². The summed E-state index contributed by atoms with van der Waals surface area (Å²) < 4.78 is 0. The Morgan fingerprint density at radius 2 is 1.61 bits per heavy atom. The molecule has 0 aliphatic heterocycles. The third-order valence-corrected chi connectivity index (χ3v) is 5.33. The summed E-state index contributed by atoms with van der Waals surface area (Å²) in [5.41, 5.74) is 2.48. The van der Waals surface area contributed by atoms with Crippen LogP contribution >= 0.6 is 0 Å². The number of aryl methyl sites for hydroxylation is 1. The highest BCUT2D eigenvalue weighted by molar-refractivity contribution is 5.15. The Bertz CT molecular complexity index is 364. The normalized spacial score (nSPS) is 20.9. The van der Waals surface area contributed by atoms with E-state index in [2.05, 4.69) is 63.3 Å². The molecule has 1 saturated carbocycles. The third kappa shape index (κ3) is 2.61. The Morgan fingerprint density at radius 3 is 2.17 bits per heavy atom. The summed E-state index contributed by atoms with van der Waals surface area (Å²) >= 11 is 0. The summed E-state index contributed by atoms with van der Waals surface area (Å²) in [7, 11) is 0. The molecule has 1 aromatic carbocycles. The highest BCUT2D eigenvalue weighted by Gasteiger charge is 2.63. The minimum Gasteiger partial charge on any atom is -0.316 e. The van der Waals surface area contributed by atoms with Crippen molar-refractivity contribution in [1.82, 2.24) is 5.32 Å². The fourth-order valence-corrected chi connectivity index (χ4v) is 3.15. The van der Waals surface area contributed by atoms with Gasteiger partial charge in [-0.25, -0.2) is 0 Å². The molecule has 0 spiro atoms. The van der Waals surface area contributed by atoms with Gasteiger partial charge in [0.2, 0.25) is 0 Å². The third-order valence-electron chi connectivity index (χ3n) is 5.33. The molecule has 1 aliphatic rings. The van der Waals surface area contributed by atoms with E-state index in [9.17, 15) is 0 Å². The molecule has 18 heavy (non-hydrogen) atoms. The Hall–Kier alpha value is -0.820. The molecule has 100 valence electrons. The first kappa shape index (κ1) is 13.6. The summed E-state index contributed by atoms with van der Waals surface area (Å²) in [5, 5.41) is 3.63. The molecule has 1 N–H and O–H groups in total. The van der Waals surface area contributed by atoms with Gasteiger partial charge in [0.15, 0.2) is 0 Å². The second-order valence-electron chi connectivity index (χ2n) is 6.79. The monoisotopic (exact) mass is 245 g/mol. The van der Waals surface area contributed by atoms with Crippen molar-refractivity contribution in [2.45, 2.75) is 40.5 Å². The summed E-state index contributed by atoms with van der Waals surface area (Å²) in [6, 6.07) is 10.8. The summed E-state index contributed by atoms with van der Waals surface area (Å²) in [6.45, 7) is 11.9. The fraction of sp³-hybridized carbons (Fsp3) is 0.647. The smallest absolute Gasteiger partial charge is 0.000989 e. The molecular weight excluding hydrogens is 218 g/mol. The van der Waals surface area contributed by atoms with Crippen LogP contribution in [0, 0.1) is 16.7 Å². The zero-order valence-electron chi connectivity index (χ0n) is 12.3. The quantitative estimate of drug-likeness (QED) is 0.750. The van der Waals surface area contributed by atoms with E-state index < -0.39 is 0 Å². The molecule has 0 atom stereocenters. The number of rotatable bonds is 6. The maximum Gasteiger partial charge on any atom is -0.000989 e. The minimum absolute atomic E-state index is 0.513. The number of nitrogens with one attached hydrogen (secondary N) is 1. The van der Waals surface area contributed by atoms with Gasteiger partial charge in [0, 0.05) is 0 Å².